The summed E-state index contributed by atoms with van der Waals surface area (Å²) in [6.07, 6.45) is 1.47. The van der Waals surface area contributed by atoms with Crippen molar-refractivity contribution < 1.29 is 8.42 Å². The normalized spacial score (nSPS) is 11.5. The van der Waals surface area contributed by atoms with Crippen molar-refractivity contribution in [3.8, 4) is 0 Å². The van der Waals surface area contributed by atoms with Crippen LogP contribution in [0.3, 0.4) is 0 Å². The predicted molar refractivity (Wildman–Crippen MR) is 79.3 cm³/mol. The maximum Gasteiger partial charge on any atom is 0.260 e. The van der Waals surface area contributed by atoms with E-state index in [1.165, 1.54) is 17.5 Å². The summed E-state index contributed by atoms with van der Waals surface area (Å²) < 4.78 is 27.2. The summed E-state index contributed by atoms with van der Waals surface area (Å²) in [6.45, 7) is 4.60. The van der Waals surface area contributed by atoms with Crippen LogP contribution < -0.4 is 10.0 Å². The first-order valence-corrected chi connectivity index (χ1v) is 8.48. The number of rotatable bonds is 6. The van der Waals surface area contributed by atoms with Crippen LogP contribution in [0.2, 0.25) is 0 Å². The topological polar surface area (TPSA) is 84.0 Å². The number of aryl methyl sites for hydroxylation is 1. The summed E-state index contributed by atoms with van der Waals surface area (Å²) in [5.41, 5.74) is 3.04. The van der Waals surface area contributed by atoms with E-state index in [2.05, 4.69) is 20.0 Å². The lowest BCUT2D eigenvalue weighted by molar-refractivity contribution is 0.578. The molecule has 0 atom stereocenters. The Morgan fingerprint density at radius 3 is 2.80 bits per heavy atom. The van der Waals surface area contributed by atoms with Crippen LogP contribution in [-0.2, 0) is 16.6 Å². The highest BCUT2D eigenvalue weighted by Gasteiger charge is 2.20. The van der Waals surface area contributed by atoms with E-state index in [9.17, 15) is 8.42 Å². The fourth-order valence-corrected chi connectivity index (χ4v) is 3.56. The second kappa shape index (κ2) is 6.29. The molecule has 0 aliphatic heterocycles. The Kier molecular flexibility index (Phi) is 4.69. The lowest BCUT2D eigenvalue weighted by Crippen LogP contribution is -2.25. The Morgan fingerprint density at radius 1 is 1.35 bits per heavy atom. The highest BCUT2D eigenvalue weighted by Crippen LogP contribution is 2.19. The van der Waals surface area contributed by atoms with Gasteiger partial charge in [0, 0.05) is 24.2 Å². The van der Waals surface area contributed by atoms with Gasteiger partial charge in [-0.1, -0.05) is 0 Å². The van der Waals surface area contributed by atoms with Gasteiger partial charge in [0.2, 0.25) is 0 Å². The van der Waals surface area contributed by atoms with E-state index in [1.807, 2.05) is 13.8 Å². The van der Waals surface area contributed by atoms with Gasteiger partial charge < -0.3 is 5.32 Å². The number of hydrogen-bond donors (Lipinski definition) is 2. The molecule has 2 N–H and O–H groups in total. The Morgan fingerprint density at radius 2 is 2.15 bits per heavy atom. The molecule has 0 saturated carbocycles. The number of thiazole rings is 1. The van der Waals surface area contributed by atoms with Crippen molar-refractivity contribution >= 4 is 27.0 Å². The van der Waals surface area contributed by atoms with Gasteiger partial charge in [-0.2, -0.15) is 0 Å². The van der Waals surface area contributed by atoms with Gasteiger partial charge in [0.1, 0.15) is 0 Å². The quantitative estimate of drug-likeness (QED) is 0.849. The summed E-state index contributed by atoms with van der Waals surface area (Å²) >= 11 is 1.43. The largest absolute Gasteiger partial charge is 0.383 e. The molecule has 0 fully saturated rings. The molecule has 0 bridgehead atoms. The third-order valence-electron chi connectivity index (χ3n) is 2.66. The third-order valence-corrected chi connectivity index (χ3v) is 4.95. The first kappa shape index (κ1) is 14.9. The molecule has 0 radical (unpaired) electrons. The molecular weight excluding hydrogens is 296 g/mol. The van der Waals surface area contributed by atoms with Crippen molar-refractivity contribution in [2.75, 3.05) is 11.9 Å². The van der Waals surface area contributed by atoms with Crippen molar-refractivity contribution in [3.05, 3.63) is 34.4 Å². The zero-order chi connectivity index (χ0) is 14.6. The number of sulfonamides is 1. The fraction of sp³-hybridized carbons (Fsp3) is 0.333. The molecular formula is C12H16N4O2S2. The third kappa shape index (κ3) is 3.33. The van der Waals surface area contributed by atoms with Crippen molar-refractivity contribution in [1.82, 2.24) is 14.7 Å². The van der Waals surface area contributed by atoms with Crippen molar-refractivity contribution in [2.24, 2.45) is 0 Å². The van der Waals surface area contributed by atoms with Crippen LogP contribution in [0.5, 0.6) is 0 Å². The van der Waals surface area contributed by atoms with Crippen LogP contribution in [-0.4, -0.2) is 24.9 Å². The second-order valence-corrected chi connectivity index (χ2v) is 6.69. The number of hydrogen-bond acceptors (Lipinski definition) is 6. The average Bonchev–Trinajstić information content (AvgIpc) is 2.83. The molecule has 0 aliphatic rings. The summed E-state index contributed by atoms with van der Waals surface area (Å²) in [5.74, 6) is 0. The Bertz CT molecular complexity index is 682. The molecule has 8 heteroatoms. The number of nitrogens with one attached hydrogen (secondary N) is 2. The SMILES string of the molecule is CCNc1cccnc1S(=O)(=O)NCc1scnc1C. The first-order valence-electron chi connectivity index (χ1n) is 6.12. The Hall–Kier alpha value is -1.51. The summed E-state index contributed by atoms with van der Waals surface area (Å²) in [7, 11) is -3.65. The monoisotopic (exact) mass is 312 g/mol. The lowest BCUT2D eigenvalue weighted by Gasteiger charge is -2.10. The zero-order valence-corrected chi connectivity index (χ0v) is 12.9. The van der Waals surface area contributed by atoms with Gasteiger partial charge in [0.15, 0.2) is 5.03 Å². The van der Waals surface area contributed by atoms with Crippen molar-refractivity contribution in [1.29, 1.82) is 0 Å². The van der Waals surface area contributed by atoms with Crippen LogP contribution in [0.4, 0.5) is 5.69 Å². The molecule has 2 aromatic rings. The van der Waals surface area contributed by atoms with Gasteiger partial charge in [0.05, 0.1) is 16.9 Å². The predicted octanol–water partition coefficient (Wildman–Crippen LogP) is 1.76. The van der Waals surface area contributed by atoms with Crippen molar-refractivity contribution in [3.63, 3.8) is 0 Å². The fourth-order valence-electron chi connectivity index (χ4n) is 1.65. The molecule has 6 nitrogen and oxygen atoms in total. The lowest BCUT2D eigenvalue weighted by atomic mass is 10.4. The second-order valence-electron chi connectivity index (χ2n) is 4.07. The summed E-state index contributed by atoms with van der Waals surface area (Å²) in [6, 6.07) is 3.40. The molecule has 0 aromatic carbocycles. The molecule has 2 aromatic heterocycles. The molecule has 2 heterocycles. The van der Waals surface area contributed by atoms with Crippen LogP contribution >= 0.6 is 11.3 Å². The van der Waals surface area contributed by atoms with Gasteiger partial charge in [-0.25, -0.2) is 23.1 Å². The molecule has 108 valence electrons. The van der Waals surface area contributed by atoms with Gasteiger partial charge in [-0.05, 0) is 26.0 Å². The Labute approximate surface area is 122 Å². The summed E-state index contributed by atoms with van der Waals surface area (Å²) in [5, 5.41) is 3.01. The number of aromatic nitrogens is 2. The highest BCUT2D eigenvalue weighted by atomic mass is 32.2. The van der Waals surface area contributed by atoms with Gasteiger partial charge in [0.25, 0.3) is 10.0 Å². The van der Waals surface area contributed by atoms with E-state index in [0.29, 0.717) is 12.2 Å². The minimum absolute atomic E-state index is 0.0176. The van der Waals surface area contributed by atoms with E-state index >= 15 is 0 Å². The maximum absolute atomic E-state index is 12.3. The van der Waals surface area contributed by atoms with E-state index in [1.54, 1.807) is 17.6 Å². The summed E-state index contributed by atoms with van der Waals surface area (Å²) in [4.78, 5) is 8.96. The van der Waals surface area contributed by atoms with E-state index < -0.39 is 10.0 Å². The highest BCUT2D eigenvalue weighted by molar-refractivity contribution is 7.89. The minimum Gasteiger partial charge on any atom is -0.383 e. The maximum atomic E-state index is 12.3. The Balaban J connectivity index is 2.20. The van der Waals surface area contributed by atoms with Crippen molar-refractivity contribution in [2.45, 2.75) is 25.4 Å². The molecule has 20 heavy (non-hydrogen) atoms. The number of nitrogens with zero attached hydrogens (tertiary/aromatic N) is 2. The smallest absolute Gasteiger partial charge is 0.260 e. The van der Waals surface area contributed by atoms with Gasteiger partial charge in [-0.15, -0.1) is 11.3 Å². The van der Waals surface area contributed by atoms with E-state index in [0.717, 1.165) is 10.6 Å². The van der Waals surface area contributed by atoms with Crippen LogP contribution in [0.15, 0.2) is 28.9 Å². The number of anilines is 1. The van der Waals surface area contributed by atoms with E-state index in [-0.39, 0.29) is 11.6 Å². The zero-order valence-electron chi connectivity index (χ0n) is 11.3. The van der Waals surface area contributed by atoms with Crippen LogP contribution in [0.1, 0.15) is 17.5 Å². The van der Waals surface area contributed by atoms with Gasteiger partial charge in [-0.3, -0.25) is 0 Å². The molecule has 0 unspecified atom stereocenters. The molecule has 0 saturated heterocycles. The number of pyridine rings is 1. The van der Waals surface area contributed by atoms with E-state index in [4.69, 9.17) is 0 Å². The van der Waals surface area contributed by atoms with Crippen LogP contribution in [0.25, 0.3) is 0 Å². The molecule has 0 amide bonds. The molecule has 0 spiro atoms. The molecule has 0 aliphatic carbocycles. The average molecular weight is 312 g/mol. The first-order chi connectivity index (χ1) is 9.54. The van der Waals surface area contributed by atoms with Crippen LogP contribution in [0, 0.1) is 6.92 Å². The van der Waals surface area contributed by atoms with Gasteiger partial charge >= 0.3 is 0 Å². The standard InChI is InChI=1S/C12H16N4O2S2/c1-3-13-10-5-4-6-14-12(10)20(17,18)16-7-11-9(2)15-8-19-11/h4-6,8,13,16H,3,7H2,1-2H3. The minimum atomic E-state index is -3.65. The molecule has 2 rings (SSSR count).